The van der Waals surface area contributed by atoms with E-state index in [1.807, 2.05) is 60.7 Å². The second kappa shape index (κ2) is 12.1. The highest BCUT2D eigenvalue weighted by Crippen LogP contribution is 2.40. The highest BCUT2D eigenvalue weighted by molar-refractivity contribution is 6.21. The summed E-state index contributed by atoms with van der Waals surface area (Å²) in [6, 6.07) is 63.3. The summed E-state index contributed by atoms with van der Waals surface area (Å²) in [7, 11) is 0. The first-order valence-electron chi connectivity index (χ1n) is 18.1. The lowest BCUT2D eigenvalue weighted by Crippen LogP contribution is -2.00. The highest BCUT2D eigenvalue weighted by Gasteiger charge is 2.21. The molecule has 11 rings (SSSR count). The molecule has 0 spiro atoms. The Morgan fingerprint density at radius 2 is 0.778 bits per heavy atom. The van der Waals surface area contributed by atoms with Gasteiger partial charge < -0.3 is 4.57 Å². The van der Waals surface area contributed by atoms with Gasteiger partial charge in [0.25, 0.3) is 0 Å². The molecule has 0 bridgehead atoms. The fourth-order valence-electron chi connectivity index (χ4n) is 7.84. The first kappa shape index (κ1) is 30.2. The summed E-state index contributed by atoms with van der Waals surface area (Å²) in [4.78, 5) is 19.8. The summed E-state index contributed by atoms with van der Waals surface area (Å²) >= 11 is 0. The molecule has 0 aliphatic rings. The Bertz CT molecular complexity index is 3120. The molecule has 7 aromatic carbocycles. The number of pyridine rings is 1. The Morgan fingerprint density at radius 1 is 0.315 bits per heavy atom. The van der Waals surface area contributed by atoms with Gasteiger partial charge in [0.2, 0.25) is 0 Å². The quantitative estimate of drug-likeness (QED) is 0.180. The van der Waals surface area contributed by atoms with E-state index in [0.717, 1.165) is 66.6 Å². The first-order valence-corrected chi connectivity index (χ1v) is 18.1. The molecular weight excluding hydrogens is 661 g/mol. The maximum absolute atomic E-state index is 5.13. The van der Waals surface area contributed by atoms with Crippen LogP contribution in [-0.4, -0.2) is 28.9 Å². The lowest BCUT2D eigenvalue weighted by Gasteiger charge is -2.12. The summed E-state index contributed by atoms with van der Waals surface area (Å²) in [5.41, 5.74) is 12.7. The third-order valence-electron chi connectivity index (χ3n) is 10.4. The normalized spacial score (nSPS) is 11.7. The predicted molar refractivity (Wildman–Crippen MR) is 220 cm³/mol. The Morgan fingerprint density at radius 3 is 1.41 bits per heavy atom. The van der Waals surface area contributed by atoms with Crippen LogP contribution in [0.3, 0.4) is 0 Å². The third kappa shape index (κ3) is 4.74. The van der Waals surface area contributed by atoms with Crippen molar-refractivity contribution in [3.05, 3.63) is 182 Å². The monoisotopic (exact) mass is 690 g/mol. The zero-order valence-corrected chi connectivity index (χ0v) is 29.0. The van der Waals surface area contributed by atoms with E-state index in [-0.39, 0.29) is 0 Å². The topological polar surface area (TPSA) is 60.9 Å². The summed E-state index contributed by atoms with van der Waals surface area (Å²) in [5.74, 6) is 1.95. The molecular formula is C48H30N6. The van der Waals surface area contributed by atoms with Crippen molar-refractivity contribution < 1.29 is 0 Å². The molecule has 0 saturated carbocycles. The third-order valence-corrected chi connectivity index (χ3v) is 10.4. The van der Waals surface area contributed by atoms with E-state index < -0.39 is 0 Å². The van der Waals surface area contributed by atoms with Gasteiger partial charge in [-0.15, -0.1) is 0 Å². The summed E-state index contributed by atoms with van der Waals surface area (Å²) in [5, 5.41) is 3.50. The van der Waals surface area contributed by atoms with E-state index in [2.05, 4.69) is 130 Å². The molecule has 0 amide bonds. The molecule has 0 saturated heterocycles. The standard InChI is InChI=1S/C48H30N6/c1-3-13-33(14-4-1)45-50-46(34-15-5-2-6-16-34)52-47(51-45)35-25-23-31(24-26-35)32-27-29-36(30-28-32)53-41-21-11-9-19-39(41)44-43(53)37-17-7-8-18-38(37)48-49-40-20-10-12-22-42(40)54(44)48/h1-30H. The van der Waals surface area contributed by atoms with E-state index in [0.29, 0.717) is 17.5 Å². The van der Waals surface area contributed by atoms with E-state index in [4.69, 9.17) is 19.9 Å². The minimum Gasteiger partial charge on any atom is -0.307 e. The Balaban J connectivity index is 1.02. The maximum atomic E-state index is 5.13. The average Bonchev–Trinajstić information content (AvgIpc) is 3.81. The van der Waals surface area contributed by atoms with Crippen LogP contribution >= 0.6 is 0 Å². The van der Waals surface area contributed by atoms with Crippen LogP contribution in [-0.2, 0) is 0 Å². The van der Waals surface area contributed by atoms with Crippen molar-refractivity contribution in [2.45, 2.75) is 0 Å². The van der Waals surface area contributed by atoms with Crippen LogP contribution in [0, 0.1) is 0 Å². The minimum atomic E-state index is 0.642. The van der Waals surface area contributed by atoms with Crippen LogP contribution in [0.2, 0.25) is 0 Å². The number of nitrogens with zero attached hydrogens (tertiary/aromatic N) is 6. The number of imidazole rings is 1. The van der Waals surface area contributed by atoms with Crippen molar-refractivity contribution in [3.63, 3.8) is 0 Å². The van der Waals surface area contributed by atoms with Gasteiger partial charge in [0.05, 0.1) is 27.6 Å². The fourth-order valence-corrected chi connectivity index (χ4v) is 7.84. The molecule has 4 heterocycles. The molecule has 54 heavy (non-hydrogen) atoms. The molecule has 4 aromatic heterocycles. The molecule has 0 atom stereocenters. The number of hydrogen-bond acceptors (Lipinski definition) is 4. The van der Waals surface area contributed by atoms with Crippen molar-refractivity contribution in [2.75, 3.05) is 0 Å². The number of aromatic nitrogens is 6. The molecule has 0 unspecified atom stereocenters. The summed E-state index contributed by atoms with van der Waals surface area (Å²) in [6.07, 6.45) is 0. The molecule has 11 aromatic rings. The second-order valence-corrected chi connectivity index (χ2v) is 13.5. The molecule has 0 fully saturated rings. The maximum Gasteiger partial charge on any atom is 0.164 e. The number of para-hydroxylation sites is 3. The fraction of sp³-hybridized carbons (Fsp3) is 0. The largest absolute Gasteiger partial charge is 0.307 e. The van der Waals surface area contributed by atoms with Crippen LogP contribution in [0.5, 0.6) is 0 Å². The number of rotatable bonds is 5. The highest BCUT2D eigenvalue weighted by atomic mass is 15.1. The number of fused-ring (bicyclic) bond motifs is 10. The van der Waals surface area contributed by atoms with Crippen LogP contribution < -0.4 is 0 Å². The van der Waals surface area contributed by atoms with Gasteiger partial charge in [-0.2, -0.15) is 0 Å². The van der Waals surface area contributed by atoms with Gasteiger partial charge in [0.15, 0.2) is 17.5 Å². The van der Waals surface area contributed by atoms with Crippen LogP contribution in [0.25, 0.3) is 100 Å². The lowest BCUT2D eigenvalue weighted by atomic mass is 10.0. The Kier molecular flexibility index (Phi) is 6.75. The number of benzene rings is 7. The SMILES string of the molecule is c1ccc(-c2nc(-c3ccccc3)nc(-c3ccc(-c4ccc(-n5c6ccccc6c6c5c5ccccc5c5nc7ccccc7n56)cc4)cc3)n2)cc1. The van der Waals surface area contributed by atoms with E-state index in [1.54, 1.807) is 0 Å². The molecule has 6 nitrogen and oxygen atoms in total. The van der Waals surface area contributed by atoms with Gasteiger partial charge in [0.1, 0.15) is 5.65 Å². The zero-order valence-electron chi connectivity index (χ0n) is 29.0. The van der Waals surface area contributed by atoms with Crippen LogP contribution in [0.4, 0.5) is 0 Å². The van der Waals surface area contributed by atoms with E-state index in [1.165, 1.54) is 16.3 Å². The first-order chi connectivity index (χ1) is 26.8. The van der Waals surface area contributed by atoms with Crippen molar-refractivity contribution in [1.29, 1.82) is 0 Å². The number of hydrogen-bond donors (Lipinski definition) is 0. The van der Waals surface area contributed by atoms with Crippen LogP contribution in [0.15, 0.2) is 182 Å². The average molecular weight is 691 g/mol. The Hall–Kier alpha value is -7.44. The minimum absolute atomic E-state index is 0.642. The van der Waals surface area contributed by atoms with Gasteiger partial charge in [-0.05, 0) is 41.5 Å². The summed E-state index contributed by atoms with van der Waals surface area (Å²) < 4.78 is 4.75. The van der Waals surface area contributed by atoms with Crippen molar-refractivity contribution >= 4 is 49.4 Å². The van der Waals surface area contributed by atoms with Crippen LogP contribution in [0.1, 0.15) is 0 Å². The molecule has 6 heteroatoms. The van der Waals surface area contributed by atoms with Gasteiger partial charge >= 0.3 is 0 Å². The van der Waals surface area contributed by atoms with Crippen molar-refractivity contribution in [3.8, 4) is 51.0 Å². The molecule has 0 aliphatic heterocycles. The second-order valence-electron chi connectivity index (χ2n) is 13.5. The smallest absolute Gasteiger partial charge is 0.164 e. The lowest BCUT2D eigenvalue weighted by molar-refractivity contribution is 1.07. The molecule has 252 valence electrons. The van der Waals surface area contributed by atoms with Gasteiger partial charge in [-0.25, -0.2) is 19.9 Å². The van der Waals surface area contributed by atoms with Gasteiger partial charge in [-0.3, -0.25) is 4.40 Å². The molecule has 0 aliphatic carbocycles. The summed E-state index contributed by atoms with van der Waals surface area (Å²) in [6.45, 7) is 0. The molecule has 0 radical (unpaired) electrons. The molecule has 0 N–H and O–H groups in total. The van der Waals surface area contributed by atoms with Crippen molar-refractivity contribution in [2.24, 2.45) is 0 Å². The van der Waals surface area contributed by atoms with E-state index >= 15 is 0 Å². The van der Waals surface area contributed by atoms with E-state index in [9.17, 15) is 0 Å². The van der Waals surface area contributed by atoms with Gasteiger partial charge in [0, 0.05) is 38.5 Å². The predicted octanol–water partition coefficient (Wildman–Crippen LogP) is 11.6. The zero-order chi connectivity index (χ0) is 35.6. The Labute approximate surface area is 310 Å². The van der Waals surface area contributed by atoms with Gasteiger partial charge in [-0.1, -0.05) is 152 Å². The van der Waals surface area contributed by atoms with Crippen molar-refractivity contribution in [1.82, 2.24) is 28.9 Å².